The van der Waals surface area contributed by atoms with E-state index in [1.807, 2.05) is 0 Å². The highest BCUT2D eigenvalue weighted by atomic mass is 16.1. The smallest absolute Gasteiger partial charge is 0.133 e. The fourth-order valence-electron chi connectivity index (χ4n) is 8.12. The van der Waals surface area contributed by atoms with Gasteiger partial charge in [0.2, 0.25) is 0 Å². The Balaban J connectivity index is 1.41. The van der Waals surface area contributed by atoms with Gasteiger partial charge >= 0.3 is 0 Å². The maximum absolute atomic E-state index is 13.0. The minimum Gasteiger partial charge on any atom is -0.300 e. The second-order valence-electron chi connectivity index (χ2n) is 11.6. The van der Waals surface area contributed by atoms with E-state index in [4.69, 9.17) is 0 Å². The average molecular weight is 331 g/mol. The molecular weight excluding hydrogens is 292 g/mol. The van der Waals surface area contributed by atoms with Gasteiger partial charge in [0, 0.05) is 12.8 Å². The monoisotopic (exact) mass is 330 g/mol. The van der Waals surface area contributed by atoms with Crippen LogP contribution >= 0.6 is 0 Å². The van der Waals surface area contributed by atoms with Crippen LogP contribution in [-0.4, -0.2) is 5.78 Å². The molecule has 4 aliphatic carbocycles. The summed E-state index contributed by atoms with van der Waals surface area (Å²) in [5.74, 6) is 6.88. The highest BCUT2D eigenvalue weighted by Gasteiger charge is 2.56. The Kier molecular flexibility index (Phi) is 3.80. The molecule has 1 nitrogen and oxygen atoms in total. The second-order valence-corrected chi connectivity index (χ2v) is 11.6. The Morgan fingerprint density at radius 1 is 0.792 bits per heavy atom. The van der Waals surface area contributed by atoms with E-state index >= 15 is 0 Å². The predicted molar refractivity (Wildman–Crippen MR) is 99.5 cm³/mol. The molecule has 0 spiro atoms. The van der Waals surface area contributed by atoms with E-state index in [1.165, 1.54) is 25.7 Å². The normalized spacial score (nSPS) is 50.6. The average Bonchev–Trinajstić information content (AvgIpc) is 3.12. The maximum Gasteiger partial charge on any atom is 0.133 e. The Bertz CT molecular complexity index is 484. The highest BCUT2D eigenvalue weighted by Crippen LogP contribution is 2.63. The molecule has 0 saturated heterocycles. The summed E-state index contributed by atoms with van der Waals surface area (Å²) < 4.78 is 0. The quantitative estimate of drug-likeness (QED) is 0.620. The van der Waals surface area contributed by atoms with Gasteiger partial charge in [-0.2, -0.15) is 0 Å². The fourth-order valence-corrected chi connectivity index (χ4v) is 8.12. The number of rotatable bonds is 4. The van der Waals surface area contributed by atoms with Crippen LogP contribution in [-0.2, 0) is 4.79 Å². The molecule has 0 radical (unpaired) electrons. The summed E-state index contributed by atoms with van der Waals surface area (Å²) in [6.07, 6.45) is 7.33. The van der Waals surface area contributed by atoms with Gasteiger partial charge in [-0.1, -0.05) is 41.5 Å². The molecule has 4 bridgehead atoms. The molecule has 0 aromatic carbocycles. The standard InChI is InChI=1S/C23H38O/c1-13-15-7-20(22(3,4)11-15)18(13)9-17(24)10-19-14(2)16-8-21(19)23(5,6)12-16/h13-16,18-21H,7-12H2,1-6H3. The zero-order valence-corrected chi connectivity index (χ0v) is 16.8. The molecule has 0 amide bonds. The minimum absolute atomic E-state index is 0.476. The van der Waals surface area contributed by atoms with E-state index in [2.05, 4.69) is 41.5 Å². The Labute approximate surface area is 149 Å². The third kappa shape index (κ3) is 2.43. The predicted octanol–water partition coefficient (Wildman–Crippen LogP) is 5.97. The first kappa shape index (κ1) is 17.1. The maximum atomic E-state index is 13.0. The molecule has 8 atom stereocenters. The van der Waals surface area contributed by atoms with Crippen LogP contribution in [0.15, 0.2) is 0 Å². The molecule has 4 fully saturated rings. The van der Waals surface area contributed by atoms with E-state index in [0.717, 1.165) is 48.3 Å². The van der Waals surface area contributed by atoms with Crippen LogP contribution in [0.3, 0.4) is 0 Å². The third-order valence-electron chi connectivity index (χ3n) is 9.50. The van der Waals surface area contributed by atoms with Crippen molar-refractivity contribution in [3.63, 3.8) is 0 Å². The molecule has 136 valence electrons. The van der Waals surface area contributed by atoms with Crippen molar-refractivity contribution in [1.82, 2.24) is 0 Å². The Hall–Kier alpha value is -0.330. The van der Waals surface area contributed by atoms with E-state index < -0.39 is 0 Å². The molecule has 0 N–H and O–H groups in total. The lowest BCUT2D eigenvalue weighted by atomic mass is 9.64. The van der Waals surface area contributed by atoms with E-state index in [-0.39, 0.29) is 0 Å². The van der Waals surface area contributed by atoms with Crippen LogP contribution < -0.4 is 0 Å². The molecule has 4 aliphatic rings. The minimum atomic E-state index is 0.476. The first-order valence-electron chi connectivity index (χ1n) is 10.6. The largest absolute Gasteiger partial charge is 0.300 e. The number of carbonyl (C=O) groups excluding carboxylic acids is 1. The van der Waals surface area contributed by atoms with Crippen molar-refractivity contribution in [3.8, 4) is 0 Å². The number of carbonyl (C=O) groups is 1. The molecule has 4 rings (SSSR count). The Morgan fingerprint density at radius 2 is 1.17 bits per heavy atom. The van der Waals surface area contributed by atoms with Crippen LogP contribution in [0.25, 0.3) is 0 Å². The molecular formula is C23H38O. The number of ketones is 1. The lowest BCUT2D eigenvalue weighted by Crippen LogP contribution is -2.36. The van der Waals surface area contributed by atoms with Gasteiger partial charge in [-0.15, -0.1) is 0 Å². The first-order chi connectivity index (χ1) is 11.1. The summed E-state index contributed by atoms with van der Waals surface area (Å²) >= 11 is 0. The SMILES string of the molecule is CC1C2CC(C1CC(=O)CC1C(C)C3CC1C(C)(C)C3)C(C)(C)C2. The van der Waals surface area contributed by atoms with Gasteiger partial charge in [0.05, 0.1) is 0 Å². The van der Waals surface area contributed by atoms with Crippen LogP contribution in [0.2, 0.25) is 0 Å². The molecule has 1 heteroatoms. The summed E-state index contributed by atoms with van der Waals surface area (Å²) in [7, 11) is 0. The van der Waals surface area contributed by atoms with Crippen LogP contribution in [0.1, 0.15) is 80.1 Å². The number of Topliss-reactive ketones (excluding diaryl/α,β-unsaturated/α-hetero) is 1. The van der Waals surface area contributed by atoms with Gasteiger partial charge in [0.15, 0.2) is 0 Å². The lowest BCUT2D eigenvalue weighted by Gasteiger charge is -2.41. The zero-order valence-electron chi connectivity index (χ0n) is 16.8. The van der Waals surface area contributed by atoms with Crippen molar-refractivity contribution >= 4 is 5.78 Å². The molecule has 0 aromatic heterocycles. The lowest BCUT2D eigenvalue weighted by molar-refractivity contribution is -0.123. The van der Waals surface area contributed by atoms with Crippen molar-refractivity contribution in [2.45, 2.75) is 80.1 Å². The Morgan fingerprint density at radius 3 is 1.50 bits per heavy atom. The summed E-state index contributed by atoms with van der Waals surface area (Å²) in [6, 6.07) is 0. The van der Waals surface area contributed by atoms with Crippen molar-refractivity contribution in [1.29, 1.82) is 0 Å². The van der Waals surface area contributed by atoms with Gasteiger partial charge in [-0.25, -0.2) is 0 Å². The highest BCUT2D eigenvalue weighted by molar-refractivity contribution is 5.79. The van der Waals surface area contributed by atoms with Gasteiger partial charge in [0.1, 0.15) is 5.78 Å². The molecule has 8 unspecified atom stereocenters. The van der Waals surface area contributed by atoms with Crippen molar-refractivity contribution < 1.29 is 4.79 Å². The van der Waals surface area contributed by atoms with E-state index in [0.29, 0.717) is 28.4 Å². The van der Waals surface area contributed by atoms with Crippen LogP contribution in [0.4, 0.5) is 0 Å². The van der Waals surface area contributed by atoms with Crippen molar-refractivity contribution in [2.75, 3.05) is 0 Å². The summed E-state index contributed by atoms with van der Waals surface area (Å²) in [6.45, 7) is 14.6. The topological polar surface area (TPSA) is 17.1 Å². The summed E-state index contributed by atoms with van der Waals surface area (Å²) in [4.78, 5) is 13.0. The first-order valence-corrected chi connectivity index (χ1v) is 10.6. The number of hydrogen-bond acceptors (Lipinski definition) is 1. The second kappa shape index (κ2) is 5.34. The van der Waals surface area contributed by atoms with Crippen LogP contribution in [0, 0.1) is 58.2 Å². The fraction of sp³-hybridized carbons (Fsp3) is 0.957. The van der Waals surface area contributed by atoms with Crippen molar-refractivity contribution in [2.24, 2.45) is 58.2 Å². The molecule has 24 heavy (non-hydrogen) atoms. The summed E-state index contributed by atoms with van der Waals surface area (Å²) in [5, 5.41) is 0. The number of fused-ring (bicyclic) bond motifs is 4. The van der Waals surface area contributed by atoms with Gasteiger partial charge in [0.25, 0.3) is 0 Å². The third-order valence-corrected chi connectivity index (χ3v) is 9.50. The number of hydrogen-bond donors (Lipinski definition) is 0. The molecule has 0 aliphatic heterocycles. The zero-order chi connectivity index (χ0) is 17.4. The van der Waals surface area contributed by atoms with E-state index in [1.54, 1.807) is 0 Å². The summed E-state index contributed by atoms with van der Waals surface area (Å²) in [5.41, 5.74) is 0.952. The molecule has 0 aromatic rings. The van der Waals surface area contributed by atoms with E-state index in [9.17, 15) is 4.79 Å². The molecule has 0 heterocycles. The molecule has 4 saturated carbocycles. The van der Waals surface area contributed by atoms with Gasteiger partial charge < -0.3 is 0 Å². The van der Waals surface area contributed by atoms with Gasteiger partial charge in [-0.3, -0.25) is 4.79 Å². The van der Waals surface area contributed by atoms with Crippen LogP contribution in [0.5, 0.6) is 0 Å². The van der Waals surface area contributed by atoms with Crippen molar-refractivity contribution in [3.05, 3.63) is 0 Å². The van der Waals surface area contributed by atoms with Gasteiger partial charge in [-0.05, 0) is 83.9 Å².